The first-order valence-corrected chi connectivity index (χ1v) is 11.2. The van der Waals surface area contributed by atoms with E-state index in [-0.39, 0.29) is 11.7 Å². The molecule has 6 nitrogen and oxygen atoms in total. The lowest BCUT2D eigenvalue weighted by atomic mass is 9.89. The fraction of sp³-hybridized carbons (Fsp3) is 0.391. The number of ether oxygens (including phenoxy) is 1. The zero-order valence-electron chi connectivity index (χ0n) is 16.8. The van der Waals surface area contributed by atoms with E-state index in [1.165, 1.54) is 5.56 Å². The average Bonchev–Trinajstić information content (AvgIpc) is 3.22. The molecule has 1 amide bonds. The van der Waals surface area contributed by atoms with E-state index < -0.39 is 6.09 Å². The van der Waals surface area contributed by atoms with Crippen LogP contribution in [0, 0.1) is 5.92 Å². The number of nitrogens with one attached hydrogen (secondary N) is 2. The van der Waals surface area contributed by atoms with Gasteiger partial charge in [-0.2, -0.15) is 0 Å². The number of ketones is 1. The Hall–Kier alpha value is -2.38. The third kappa shape index (κ3) is 5.21. The Labute approximate surface area is 185 Å². The van der Waals surface area contributed by atoms with E-state index in [2.05, 4.69) is 31.5 Å². The van der Waals surface area contributed by atoms with Crippen molar-refractivity contribution in [1.82, 2.24) is 4.90 Å². The summed E-state index contributed by atoms with van der Waals surface area (Å²) in [4.78, 5) is 27.0. The van der Waals surface area contributed by atoms with E-state index >= 15 is 0 Å². The topological polar surface area (TPSA) is 70.7 Å². The molecular formula is C23H26BrN3O3. The van der Waals surface area contributed by atoms with Crippen molar-refractivity contribution in [2.75, 3.05) is 43.4 Å². The van der Waals surface area contributed by atoms with Crippen LogP contribution in [0.25, 0.3) is 0 Å². The van der Waals surface area contributed by atoms with Crippen LogP contribution in [0.15, 0.2) is 46.9 Å². The van der Waals surface area contributed by atoms with Crippen LogP contribution in [0.3, 0.4) is 0 Å². The average molecular weight is 472 g/mol. The fourth-order valence-corrected chi connectivity index (χ4v) is 4.34. The first-order valence-electron chi connectivity index (χ1n) is 10.4. The van der Waals surface area contributed by atoms with Crippen molar-refractivity contribution >= 4 is 39.2 Å². The van der Waals surface area contributed by atoms with Crippen molar-refractivity contribution in [3.05, 3.63) is 58.1 Å². The van der Waals surface area contributed by atoms with Crippen molar-refractivity contribution in [3.8, 4) is 0 Å². The molecule has 4 rings (SSSR count). The Kier molecular flexibility index (Phi) is 6.69. The Morgan fingerprint density at radius 1 is 1.13 bits per heavy atom. The number of halogens is 1. The third-order valence-corrected chi connectivity index (χ3v) is 6.32. The van der Waals surface area contributed by atoms with Gasteiger partial charge in [0.25, 0.3) is 0 Å². The number of nitrogens with zero attached hydrogens (tertiary/aromatic N) is 1. The monoisotopic (exact) mass is 471 g/mol. The maximum Gasteiger partial charge on any atom is 0.411 e. The number of amides is 1. The summed E-state index contributed by atoms with van der Waals surface area (Å²) in [7, 11) is 0. The van der Waals surface area contributed by atoms with Gasteiger partial charge in [0.1, 0.15) is 6.61 Å². The van der Waals surface area contributed by atoms with Crippen molar-refractivity contribution in [3.63, 3.8) is 0 Å². The molecule has 0 radical (unpaired) electrons. The quantitative estimate of drug-likeness (QED) is 0.604. The second-order valence-corrected chi connectivity index (χ2v) is 8.71. The third-order valence-electron chi connectivity index (χ3n) is 5.79. The molecule has 0 aromatic heterocycles. The molecule has 7 heteroatoms. The predicted molar refractivity (Wildman–Crippen MR) is 121 cm³/mol. The van der Waals surface area contributed by atoms with Gasteiger partial charge >= 0.3 is 6.09 Å². The van der Waals surface area contributed by atoms with Gasteiger partial charge in [0.05, 0.1) is 0 Å². The summed E-state index contributed by atoms with van der Waals surface area (Å²) in [6.07, 6.45) is 2.22. The van der Waals surface area contributed by atoms with Crippen LogP contribution in [0.2, 0.25) is 0 Å². The highest BCUT2D eigenvalue weighted by molar-refractivity contribution is 9.10. The van der Waals surface area contributed by atoms with Crippen LogP contribution >= 0.6 is 15.9 Å². The molecule has 0 aliphatic carbocycles. The number of carbonyl (C=O) groups is 2. The number of anilines is 2. The molecule has 2 aromatic carbocycles. The normalized spacial score (nSPS) is 16.6. The zero-order chi connectivity index (χ0) is 20.9. The highest BCUT2D eigenvalue weighted by Crippen LogP contribution is 2.25. The van der Waals surface area contributed by atoms with Gasteiger partial charge in [0.2, 0.25) is 0 Å². The molecule has 1 saturated heterocycles. The molecule has 2 aromatic rings. The summed E-state index contributed by atoms with van der Waals surface area (Å²) in [5.74, 6) is 0.295. The van der Waals surface area contributed by atoms with E-state index in [9.17, 15) is 9.59 Å². The molecular weight excluding hydrogens is 446 g/mol. The lowest BCUT2D eigenvalue weighted by Crippen LogP contribution is -2.38. The summed E-state index contributed by atoms with van der Waals surface area (Å²) in [5.41, 5.74) is 3.89. The van der Waals surface area contributed by atoms with Gasteiger partial charge in [-0.1, -0.05) is 28.1 Å². The maximum absolute atomic E-state index is 12.6. The molecule has 2 heterocycles. The van der Waals surface area contributed by atoms with Gasteiger partial charge < -0.3 is 10.1 Å². The number of hydrogen-bond acceptors (Lipinski definition) is 5. The number of Topliss-reactive ketones (excluding diaryl/α,β-unsaturated/α-hetero) is 1. The van der Waals surface area contributed by atoms with Crippen molar-refractivity contribution in [1.29, 1.82) is 0 Å². The van der Waals surface area contributed by atoms with Crippen LogP contribution in [0.5, 0.6) is 0 Å². The van der Waals surface area contributed by atoms with Crippen LogP contribution < -0.4 is 10.6 Å². The second kappa shape index (κ2) is 9.62. The van der Waals surface area contributed by atoms with Crippen molar-refractivity contribution in [2.45, 2.75) is 19.3 Å². The van der Waals surface area contributed by atoms with Crippen molar-refractivity contribution in [2.24, 2.45) is 5.92 Å². The van der Waals surface area contributed by atoms with Gasteiger partial charge in [-0.3, -0.25) is 15.0 Å². The Morgan fingerprint density at radius 2 is 1.90 bits per heavy atom. The smallest absolute Gasteiger partial charge is 0.411 e. The van der Waals surface area contributed by atoms with Gasteiger partial charge in [-0.05, 0) is 68.2 Å². The standard InChI is InChI=1S/C23H26BrN3O3/c24-19-3-1-16(2-4-19)22(28)17-8-11-27(12-9-17)13-14-30-23(29)26-20-5-6-21-18(15-20)7-10-25-21/h1-6,15,17,25H,7-14H2,(H,26,29). The fourth-order valence-electron chi connectivity index (χ4n) is 4.07. The lowest BCUT2D eigenvalue weighted by Gasteiger charge is -2.31. The highest BCUT2D eigenvalue weighted by atomic mass is 79.9. The zero-order valence-corrected chi connectivity index (χ0v) is 18.4. The molecule has 2 N–H and O–H groups in total. The molecule has 158 valence electrons. The summed E-state index contributed by atoms with van der Waals surface area (Å²) in [5, 5.41) is 6.10. The van der Waals surface area contributed by atoms with E-state index in [4.69, 9.17) is 4.74 Å². The van der Waals surface area contributed by atoms with E-state index in [1.54, 1.807) is 0 Å². The Balaban J connectivity index is 1.16. The molecule has 0 atom stereocenters. The molecule has 0 bridgehead atoms. The van der Waals surface area contributed by atoms with E-state index in [0.29, 0.717) is 13.2 Å². The Bertz CT molecular complexity index is 908. The molecule has 0 spiro atoms. The maximum atomic E-state index is 12.6. The molecule has 2 aliphatic heterocycles. The Morgan fingerprint density at radius 3 is 2.67 bits per heavy atom. The van der Waals surface area contributed by atoms with Gasteiger partial charge in [-0.15, -0.1) is 0 Å². The number of fused-ring (bicyclic) bond motifs is 1. The van der Waals surface area contributed by atoms with E-state index in [1.807, 2.05) is 42.5 Å². The largest absolute Gasteiger partial charge is 0.448 e. The van der Waals surface area contributed by atoms with Crippen LogP contribution in [-0.2, 0) is 11.2 Å². The summed E-state index contributed by atoms with van der Waals surface area (Å²) in [6.45, 7) is 3.64. The molecule has 1 fully saturated rings. The van der Waals surface area contributed by atoms with Crippen molar-refractivity contribution < 1.29 is 14.3 Å². The van der Waals surface area contributed by atoms with Crippen LogP contribution in [0.4, 0.5) is 16.2 Å². The van der Waals surface area contributed by atoms with E-state index in [0.717, 1.165) is 60.3 Å². The molecule has 2 aliphatic rings. The highest BCUT2D eigenvalue weighted by Gasteiger charge is 2.25. The number of piperidine rings is 1. The first kappa shape index (κ1) is 20.9. The van der Waals surface area contributed by atoms with Gasteiger partial charge in [0, 0.05) is 40.4 Å². The number of benzene rings is 2. The summed E-state index contributed by atoms with van der Waals surface area (Å²) >= 11 is 3.40. The summed E-state index contributed by atoms with van der Waals surface area (Å²) in [6, 6.07) is 13.4. The van der Waals surface area contributed by atoms with Gasteiger partial charge in [-0.25, -0.2) is 4.79 Å². The predicted octanol–water partition coefficient (Wildman–Crippen LogP) is 4.56. The summed E-state index contributed by atoms with van der Waals surface area (Å²) < 4.78 is 6.32. The minimum atomic E-state index is -0.429. The molecule has 30 heavy (non-hydrogen) atoms. The number of likely N-dealkylation sites (tertiary alicyclic amines) is 1. The minimum Gasteiger partial charge on any atom is -0.448 e. The number of rotatable bonds is 6. The minimum absolute atomic E-state index is 0.0703. The second-order valence-electron chi connectivity index (χ2n) is 7.80. The molecule has 0 unspecified atom stereocenters. The number of carbonyl (C=O) groups excluding carboxylic acids is 2. The number of hydrogen-bond donors (Lipinski definition) is 2. The molecule has 0 saturated carbocycles. The van der Waals surface area contributed by atoms with Crippen LogP contribution in [-0.4, -0.2) is 49.6 Å². The first-order chi connectivity index (χ1) is 14.6. The van der Waals surface area contributed by atoms with Crippen LogP contribution in [0.1, 0.15) is 28.8 Å². The SMILES string of the molecule is O=C(Nc1ccc2c(c1)CCN2)OCCN1CCC(C(=O)c2ccc(Br)cc2)CC1. The lowest BCUT2D eigenvalue weighted by molar-refractivity contribution is 0.0813. The van der Waals surface area contributed by atoms with Gasteiger partial charge in [0.15, 0.2) is 5.78 Å².